The van der Waals surface area contributed by atoms with Crippen molar-refractivity contribution in [3.05, 3.63) is 53.5 Å². The minimum atomic E-state index is -0.968. The first-order valence-electron chi connectivity index (χ1n) is 6.96. The van der Waals surface area contributed by atoms with Gasteiger partial charge in [-0.25, -0.2) is 9.78 Å². The summed E-state index contributed by atoms with van der Waals surface area (Å²) in [5.41, 5.74) is 1.88. The van der Waals surface area contributed by atoms with Crippen LogP contribution in [0.15, 0.2) is 36.5 Å². The topological polar surface area (TPSA) is 72.3 Å². The molecule has 0 aromatic carbocycles. The molecule has 2 rings (SSSR count). The molecule has 2 aromatic heterocycles. The third kappa shape index (κ3) is 4.56. The van der Waals surface area contributed by atoms with Crippen molar-refractivity contribution in [2.45, 2.75) is 26.2 Å². The molecule has 0 aliphatic carbocycles. The fourth-order valence-electron chi connectivity index (χ4n) is 1.95. The lowest BCUT2D eigenvalue weighted by molar-refractivity contribution is 0.0696. The van der Waals surface area contributed by atoms with Gasteiger partial charge in [0.1, 0.15) is 0 Å². The van der Waals surface area contributed by atoms with Crippen molar-refractivity contribution in [2.24, 2.45) is 0 Å². The van der Waals surface area contributed by atoms with E-state index in [1.54, 1.807) is 12.3 Å². The molecule has 0 aliphatic heterocycles. The van der Waals surface area contributed by atoms with Crippen molar-refractivity contribution >= 4 is 5.97 Å². The molecule has 1 N–H and O–H groups in total. The van der Waals surface area contributed by atoms with Crippen molar-refractivity contribution in [1.82, 2.24) is 9.97 Å². The van der Waals surface area contributed by atoms with Crippen LogP contribution in [-0.2, 0) is 12.8 Å². The number of rotatable bonds is 7. The van der Waals surface area contributed by atoms with E-state index < -0.39 is 5.97 Å². The molecule has 5 heteroatoms. The molecular weight excluding hydrogens is 268 g/mol. The molecule has 110 valence electrons. The van der Waals surface area contributed by atoms with E-state index in [9.17, 15) is 4.79 Å². The van der Waals surface area contributed by atoms with Crippen LogP contribution in [0.25, 0.3) is 0 Å². The Kier molecular flexibility index (Phi) is 5.26. The molecule has 0 atom stereocenters. The monoisotopic (exact) mass is 286 g/mol. The number of aromatic carboxylic acids is 1. The van der Waals surface area contributed by atoms with E-state index in [0.29, 0.717) is 18.9 Å². The average molecular weight is 286 g/mol. The Bertz CT molecular complexity index is 600. The normalized spacial score (nSPS) is 10.3. The molecule has 2 aromatic rings. The first kappa shape index (κ1) is 15.0. The number of nitrogens with zero attached hydrogens (tertiary/aromatic N) is 2. The van der Waals surface area contributed by atoms with Crippen LogP contribution in [0.5, 0.6) is 5.88 Å². The van der Waals surface area contributed by atoms with E-state index in [-0.39, 0.29) is 5.56 Å². The van der Waals surface area contributed by atoms with E-state index in [1.165, 1.54) is 6.07 Å². The number of aromatic nitrogens is 2. The van der Waals surface area contributed by atoms with Crippen LogP contribution in [0, 0.1) is 0 Å². The largest absolute Gasteiger partial charge is 0.478 e. The summed E-state index contributed by atoms with van der Waals surface area (Å²) in [4.78, 5) is 19.7. The van der Waals surface area contributed by atoms with E-state index >= 15 is 0 Å². The first-order chi connectivity index (χ1) is 10.2. The summed E-state index contributed by atoms with van der Waals surface area (Å²) >= 11 is 0. The molecule has 2 heterocycles. The Morgan fingerprint density at radius 1 is 1.24 bits per heavy atom. The number of pyridine rings is 2. The van der Waals surface area contributed by atoms with Crippen LogP contribution in [0.3, 0.4) is 0 Å². The highest BCUT2D eigenvalue weighted by molar-refractivity contribution is 5.88. The van der Waals surface area contributed by atoms with Gasteiger partial charge in [0.15, 0.2) is 0 Å². The predicted octanol–water partition coefficient (Wildman–Crippen LogP) is 2.75. The second-order valence-electron chi connectivity index (χ2n) is 4.66. The van der Waals surface area contributed by atoms with Gasteiger partial charge in [-0.2, -0.15) is 0 Å². The third-order valence-electron chi connectivity index (χ3n) is 2.94. The molecular formula is C16H18N2O3. The maximum atomic E-state index is 11.1. The second kappa shape index (κ2) is 7.38. The van der Waals surface area contributed by atoms with Crippen molar-refractivity contribution < 1.29 is 14.6 Å². The highest BCUT2D eigenvalue weighted by Gasteiger charge is 2.09. The summed E-state index contributed by atoms with van der Waals surface area (Å²) in [6.07, 6.45) is 4.03. The molecule has 0 aliphatic rings. The number of ether oxygens (including phenoxy) is 1. The van der Waals surface area contributed by atoms with Gasteiger partial charge in [-0.1, -0.05) is 19.4 Å². The molecule has 0 amide bonds. The van der Waals surface area contributed by atoms with E-state index in [2.05, 4.69) is 9.97 Å². The van der Waals surface area contributed by atoms with Gasteiger partial charge >= 0.3 is 5.97 Å². The van der Waals surface area contributed by atoms with Crippen LogP contribution in [0.4, 0.5) is 0 Å². The van der Waals surface area contributed by atoms with Gasteiger partial charge < -0.3 is 9.84 Å². The number of hydrogen-bond donors (Lipinski definition) is 1. The summed E-state index contributed by atoms with van der Waals surface area (Å²) in [7, 11) is 0. The maximum Gasteiger partial charge on any atom is 0.335 e. The minimum absolute atomic E-state index is 0.210. The molecule has 0 saturated heterocycles. The molecule has 0 spiro atoms. The molecule has 0 unspecified atom stereocenters. The fourth-order valence-corrected chi connectivity index (χ4v) is 1.95. The third-order valence-corrected chi connectivity index (χ3v) is 2.94. The lowest BCUT2D eigenvalue weighted by atomic mass is 10.1. The summed E-state index contributed by atoms with van der Waals surface area (Å²) in [5, 5.41) is 9.11. The minimum Gasteiger partial charge on any atom is -0.478 e. The Balaban J connectivity index is 2.03. The molecule has 0 saturated carbocycles. The first-order valence-corrected chi connectivity index (χ1v) is 6.96. The van der Waals surface area contributed by atoms with Gasteiger partial charge in [-0.15, -0.1) is 0 Å². The van der Waals surface area contributed by atoms with Gasteiger partial charge in [0.2, 0.25) is 5.88 Å². The highest BCUT2D eigenvalue weighted by atomic mass is 16.5. The van der Waals surface area contributed by atoms with Gasteiger partial charge in [-0.3, -0.25) is 4.98 Å². The Morgan fingerprint density at radius 2 is 2.10 bits per heavy atom. The average Bonchev–Trinajstić information content (AvgIpc) is 2.48. The molecule has 0 fully saturated rings. The van der Waals surface area contributed by atoms with Crippen LogP contribution >= 0.6 is 0 Å². The Hall–Kier alpha value is -2.43. The molecule has 21 heavy (non-hydrogen) atoms. The SMILES string of the molecule is CCCc1cc(C(=O)O)cc(OCCc2ccccn2)n1. The molecule has 5 nitrogen and oxygen atoms in total. The van der Waals surface area contributed by atoms with Crippen molar-refractivity contribution in [2.75, 3.05) is 6.61 Å². The van der Waals surface area contributed by atoms with E-state index in [1.807, 2.05) is 25.1 Å². The smallest absolute Gasteiger partial charge is 0.335 e. The second-order valence-corrected chi connectivity index (χ2v) is 4.66. The van der Waals surface area contributed by atoms with Crippen LogP contribution in [0.2, 0.25) is 0 Å². The van der Waals surface area contributed by atoms with Crippen LogP contribution in [0.1, 0.15) is 35.1 Å². The quantitative estimate of drug-likeness (QED) is 0.847. The van der Waals surface area contributed by atoms with Crippen molar-refractivity contribution in [1.29, 1.82) is 0 Å². The van der Waals surface area contributed by atoms with Crippen molar-refractivity contribution in [3.8, 4) is 5.88 Å². The zero-order valence-corrected chi connectivity index (χ0v) is 12.0. The zero-order valence-electron chi connectivity index (χ0n) is 12.0. The van der Waals surface area contributed by atoms with E-state index in [4.69, 9.17) is 9.84 Å². The fraction of sp³-hybridized carbons (Fsp3) is 0.312. The van der Waals surface area contributed by atoms with Crippen LogP contribution in [-0.4, -0.2) is 27.7 Å². The summed E-state index contributed by atoms with van der Waals surface area (Å²) in [5.74, 6) is -0.612. The standard InChI is InChI=1S/C16H18N2O3/c1-2-5-14-10-12(16(19)20)11-15(18-14)21-9-7-13-6-3-4-8-17-13/h3-4,6,8,10-11H,2,5,7,9H2,1H3,(H,19,20). The maximum absolute atomic E-state index is 11.1. The molecule has 0 radical (unpaired) electrons. The number of carbonyl (C=O) groups is 1. The number of carboxylic acid groups (broad SMARTS) is 1. The van der Waals surface area contributed by atoms with Gasteiger partial charge in [-0.05, 0) is 24.6 Å². The molecule has 0 bridgehead atoms. The predicted molar refractivity (Wildman–Crippen MR) is 78.6 cm³/mol. The summed E-state index contributed by atoms with van der Waals surface area (Å²) in [6.45, 7) is 2.44. The Morgan fingerprint density at radius 3 is 2.76 bits per heavy atom. The summed E-state index contributed by atoms with van der Waals surface area (Å²) < 4.78 is 5.57. The lowest BCUT2D eigenvalue weighted by Gasteiger charge is -2.08. The number of aryl methyl sites for hydroxylation is 1. The van der Waals surface area contributed by atoms with Crippen LogP contribution < -0.4 is 4.74 Å². The van der Waals surface area contributed by atoms with Crippen molar-refractivity contribution in [3.63, 3.8) is 0 Å². The Labute approximate surface area is 123 Å². The van der Waals surface area contributed by atoms with E-state index in [0.717, 1.165) is 24.2 Å². The van der Waals surface area contributed by atoms with Gasteiger partial charge in [0.25, 0.3) is 0 Å². The lowest BCUT2D eigenvalue weighted by Crippen LogP contribution is -2.07. The summed E-state index contributed by atoms with van der Waals surface area (Å²) in [6, 6.07) is 8.76. The van der Waals surface area contributed by atoms with Gasteiger partial charge in [0, 0.05) is 30.1 Å². The number of hydrogen-bond acceptors (Lipinski definition) is 4. The highest BCUT2D eigenvalue weighted by Crippen LogP contribution is 2.14. The zero-order chi connectivity index (χ0) is 15.1. The number of carboxylic acids is 1. The van der Waals surface area contributed by atoms with Gasteiger partial charge in [0.05, 0.1) is 12.2 Å².